The second-order valence-corrected chi connectivity index (χ2v) is 2.65. The second-order valence-electron chi connectivity index (χ2n) is 2.65. The molecule has 0 bridgehead atoms. The molecule has 1 aromatic carbocycles. The highest BCUT2D eigenvalue weighted by Gasteiger charge is 1.91. The van der Waals surface area contributed by atoms with Crippen molar-refractivity contribution in [2.45, 2.75) is 0 Å². The molecule has 14 heavy (non-hydrogen) atoms. The van der Waals surface area contributed by atoms with Gasteiger partial charge in [0.1, 0.15) is 0 Å². The molecule has 0 aliphatic carbocycles. The van der Waals surface area contributed by atoms with Crippen molar-refractivity contribution in [1.82, 2.24) is 22.9 Å². The molecule has 1 aliphatic heterocycles. The van der Waals surface area contributed by atoms with Crippen LogP contribution in [0.4, 0.5) is 0 Å². The van der Waals surface area contributed by atoms with Crippen LogP contribution in [-0.4, -0.2) is 26.2 Å². The average Bonchev–Trinajstić information content (AvgIpc) is 2.24. The van der Waals surface area contributed by atoms with Crippen LogP contribution in [0.1, 0.15) is 0 Å². The van der Waals surface area contributed by atoms with Crippen molar-refractivity contribution < 1.29 is 0 Å². The number of hydrogen-bond donors (Lipinski definition) is 4. The molecule has 2 rings (SSSR count). The van der Waals surface area contributed by atoms with E-state index in [1.807, 2.05) is 36.4 Å². The molecule has 4 heteroatoms. The summed E-state index contributed by atoms with van der Waals surface area (Å²) in [7, 11) is 0. The minimum atomic E-state index is 0. The first-order chi connectivity index (χ1) is 6.00. The van der Waals surface area contributed by atoms with Crippen molar-refractivity contribution in [2.24, 2.45) is 0 Å². The summed E-state index contributed by atoms with van der Waals surface area (Å²) in [6, 6.07) is 12.0. The molecular weight excluding hydrogens is 176 g/mol. The molecule has 1 aliphatic rings. The third kappa shape index (κ3) is 9.15. The van der Waals surface area contributed by atoms with Crippen LogP contribution >= 0.6 is 0 Å². The fourth-order valence-corrected chi connectivity index (χ4v) is 0.988. The van der Waals surface area contributed by atoms with E-state index in [9.17, 15) is 0 Å². The Labute approximate surface area is 86.3 Å². The predicted octanol–water partition coefficient (Wildman–Crippen LogP) is 1.19. The summed E-state index contributed by atoms with van der Waals surface area (Å²) in [6.45, 7) is 4.56. The van der Waals surface area contributed by atoms with Gasteiger partial charge in [-0.1, -0.05) is 36.4 Å². The van der Waals surface area contributed by atoms with Gasteiger partial charge in [-0.05, 0) is 0 Å². The van der Waals surface area contributed by atoms with Crippen molar-refractivity contribution >= 4 is 0 Å². The third-order valence-corrected chi connectivity index (χ3v) is 1.62. The second kappa shape index (κ2) is 12.1. The molecular formula is C10H22N4. The van der Waals surface area contributed by atoms with Gasteiger partial charge in [0.2, 0.25) is 0 Å². The highest BCUT2D eigenvalue weighted by atomic mass is 15.0. The van der Waals surface area contributed by atoms with Crippen molar-refractivity contribution in [2.75, 3.05) is 26.2 Å². The first-order valence-electron chi connectivity index (χ1n) is 4.41. The van der Waals surface area contributed by atoms with Gasteiger partial charge in [-0.15, -0.1) is 0 Å². The van der Waals surface area contributed by atoms with E-state index in [1.165, 1.54) is 0 Å². The van der Waals surface area contributed by atoms with Gasteiger partial charge in [0, 0.05) is 26.2 Å². The number of nitrogens with one attached hydrogen (secondary N) is 2. The quantitative estimate of drug-likeness (QED) is 0.503. The zero-order chi connectivity index (χ0) is 8.49. The number of hydrogen-bond acceptors (Lipinski definition) is 4. The van der Waals surface area contributed by atoms with Gasteiger partial charge < -0.3 is 22.9 Å². The Hall–Kier alpha value is -0.940. The third-order valence-electron chi connectivity index (χ3n) is 1.62. The first kappa shape index (κ1) is 15.5. The molecule has 0 unspecified atom stereocenters. The lowest BCUT2D eigenvalue weighted by molar-refractivity contribution is 0.534. The molecule has 1 saturated heterocycles. The fourth-order valence-electron chi connectivity index (χ4n) is 0.988. The Kier molecular flexibility index (Phi) is 13.4. The van der Waals surface area contributed by atoms with Gasteiger partial charge in [0.25, 0.3) is 0 Å². The maximum atomic E-state index is 3.22. The van der Waals surface area contributed by atoms with Gasteiger partial charge >= 0.3 is 0 Å². The molecule has 0 saturated carbocycles. The van der Waals surface area contributed by atoms with E-state index in [-0.39, 0.29) is 12.3 Å². The molecule has 0 atom stereocenters. The maximum Gasteiger partial charge on any atom is 0.00772 e. The summed E-state index contributed by atoms with van der Waals surface area (Å²) >= 11 is 0. The van der Waals surface area contributed by atoms with E-state index in [2.05, 4.69) is 10.6 Å². The van der Waals surface area contributed by atoms with Crippen LogP contribution in [0.15, 0.2) is 36.4 Å². The highest BCUT2D eigenvalue weighted by Crippen LogP contribution is 1.79. The number of benzene rings is 1. The van der Waals surface area contributed by atoms with E-state index in [0.29, 0.717) is 0 Å². The smallest absolute Gasteiger partial charge is 0.00772 e. The van der Waals surface area contributed by atoms with Crippen molar-refractivity contribution in [3.63, 3.8) is 0 Å². The van der Waals surface area contributed by atoms with Crippen LogP contribution in [0.5, 0.6) is 0 Å². The Morgan fingerprint density at radius 1 is 0.500 bits per heavy atom. The highest BCUT2D eigenvalue weighted by molar-refractivity contribution is 4.99. The fraction of sp³-hybridized carbons (Fsp3) is 0.400. The van der Waals surface area contributed by atoms with Gasteiger partial charge in [-0.2, -0.15) is 0 Å². The Balaban J connectivity index is 0. The Morgan fingerprint density at radius 2 is 0.714 bits per heavy atom. The van der Waals surface area contributed by atoms with Crippen LogP contribution in [0.3, 0.4) is 0 Å². The zero-order valence-electron chi connectivity index (χ0n) is 8.71. The molecule has 1 heterocycles. The van der Waals surface area contributed by atoms with E-state index < -0.39 is 0 Å². The van der Waals surface area contributed by atoms with Crippen LogP contribution in [0, 0.1) is 0 Å². The minimum Gasteiger partial charge on any atom is -0.344 e. The molecule has 0 aromatic heterocycles. The largest absolute Gasteiger partial charge is 0.344 e. The monoisotopic (exact) mass is 198 g/mol. The molecule has 8 N–H and O–H groups in total. The van der Waals surface area contributed by atoms with Crippen LogP contribution in [0.25, 0.3) is 0 Å². The predicted molar refractivity (Wildman–Crippen MR) is 62.2 cm³/mol. The lowest BCUT2D eigenvalue weighted by atomic mass is 10.4. The van der Waals surface area contributed by atoms with Gasteiger partial charge in [0.15, 0.2) is 0 Å². The van der Waals surface area contributed by atoms with Gasteiger partial charge in [-0.25, -0.2) is 0 Å². The number of piperazine rings is 1. The van der Waals surface area contributed by atoms with E-state index in [1.54, 1.807) is 0 Å². The van der Waals surface area contributed by atoms with Gasteiger partial charge in [0.05, 0.1) is 0 Å². The van der Waals surface area contributed by atoms with Crippen molar-refractivity contribution in [3.05, 3.63) is 36.4 Å². The lowest BCUT2D eigenvalue weighted by Crippen LogP contribution is -2.39. The molecule has 0 spiro atoms. The SMILES string of the molecule is C1CNCCN1.N.N.c1ccccc1. The van der Waals surface area contributed by atoms with E-state index in [0.717, 1.165) is 26.2 Å². The zero-order valence-corrected chi connectivity index (χ0v) is 8.71. The molecule has 4 nitrogen and oxygen atoms in total. The Bertz CT molecular complexity index is 137. The normalized spacial score (nSPS) is 13.7. The topological polar surface area (TPSA) is 94.1 Å². The molecule has 0 amide bonds. The van der Waals surface area contributed by atoms with Crippen molar-refractivity contribution in [3.8, 4) is 0 Å². The van der Waals surface area contributed by atoms with Crippen molar-refractivity contribution in [1.29, 1.82) is 0 Å². The maximum absolute atomic E-state index is 3.22. The average molecular weight is 198 g/mol. The summed E-state index contributed by atoms with van der Waals surface area (Å²) < 4.78 is 0. The van der Waals surface area contributed by atoms with Gasteiger partial charge in [-0.3, -0.25) is 0 Å². The molecule has 1 aromatic rings. The molecule has 1 fully saturated rings. The number of rotatable bonds is 0. The van der Waals surface area contributed by atoms with E-state index in [4.69, 9.17) is 0 Å². The standard InChI is InChI=1S/C6H6.C4H10N2.2H3N/c1-2-4-6-5-3-1;1-2-6-4-3-5-1;;/h1-6H;5-6H,1-4H2;2*1H3. The first-order valence-corrected chi connectivity index (χ1v) is 4.41. The summed E-state index contributed by atoms with van der Waals surface area (Å²) in [5.41, 5.74) is 0. The minimum absolute atomic E-state index is 0. The van der Waals surface area contributed by atoms with Crippen LogP contribution in [-0.2, 0) is 0 Å². The summed E-state index contributed by atoms with van der Waals surface area (Å²) in [5.74, 6) is 0. The summed E-state index contributed by atoms with van der Waals surface area (Å²) in [6.07, 6.45) is 0. The van der Waals surface area contributed by atoms with Crippen LogP contribution < -0.4 is 22.9 Å². The van der Waals surface area contributed by atoms with Crippen LogP contribution in [0.2, 0.25) is 0 Å². The lowest BCUT2D eigenvalue weighted by Gasteiger charge is -2.11. The van der Waals surface area contributed by atoms with E-state index >= 15 is 0 Å². The molecule has 0 radical (unpaired) electrons. The Morgan fingerprint density at radius 3 is 0.857 bits per heavy atom. The summed E-state index contributed by atoms with van der Waals surface area (Å²) in [4.78, 5) is 0. The molecule has 82 valence electrons. The summed E-state index contributed by atoms with van der Waals surface area (Å²) in [5, 5.41) is 6.44.